The third kappa shape index (κ3) is 2.40. The lowest BCUT2D eigenvalue weighted by Crippen LogP contribution is -2.30. The van der Waals surface area contributed by atoms with Crippen molar-refractivity contribution >= 4 is 15.9 Å². The molecule has 2 nitrogen and oxygen atoms in total. The van der Waals surface area contributed by atoms with Crippen LogP contribution in [0.25, 0.3) is 0 Å². The van der Waals surface area contributed by atoms with Crippen molar-refractivity contribution in [3.63, 3.8) is 0 Å². The van der Waals surface area contributed by atoms with Gasteiger partial charge in [-0.3, -0.25) is 4.90 Å². The number of rotatable bonds is 2. The van der Waals surface area contributed by atoms with Gasteiger partial charge >= 0.3 is 0 Å². The molecule has 82 valence electrons. The zero-order chi connectivity index (χ0) is 10.8. The molecule has 0 amide bonds. The predicted molar refractivity (Wildman–Crippen MR) is 65.8 cm³/mol. The molecule has 1 atom stereocenters. The molecule has 2 rings (SSSR count). The maximum atomic E-state index is 4.31. The Hall–Kier alpha value is -0.410. The van der Waals surface area contributed by atoms with E-state index in [0.717, 1.165) is 4.60 Å². The van der Waals surface area contributed by atoms with Gasteiger partial charge in [0, 0.05) is 18.3 Å². The number of halogens is 1. The molecular formula is C12H17BrN2. The average Bonchev–Trinajstić information content (AvgIpc) is 2.67. The summed E-state index contributed by atoms with van der Waals surface area (Å²) in [6.45, 7) is 5.76. The zero-order valence-corrected chi connectivity index (χ0v) is 10.9. The minimum atomic E-state index is 0.575. The van der Waals surface area contributed by atoms with Gasteiger partial charge in [-0.25, -0.2) is 4.98 Å². The quantitative estimate of drug-likeness (QED) is 0.765. The van der Waals surface area contributed by atoms with Crippen molar-refractivity contribution in [1.82, 2.24) is 9.88 Å². The average molecular weight is 269 g/mol. The van der Waals surface area contributed by atoms with Gasteiger partial charge in [-0.05, 0) is 60.8 Å². The first-order chi connectivity index (χ1) is 7.18. The Bertz CT molecular complexity index is 321. The summed E-state index contributed by atoms with van der Waals surface area (Å²) in [5.41, 5.74) is 1.35. The molecule has 1 aromatic rings. The molecule has 0 N–H and O–H groups in total. The van der Waals surface area contributed by atoms with Crippen molar-refractivity contribution in [3.05, 3.63) is 28.5 Å². The standard InChI is InChI=1S/C12H17BrN2/c1-9(2)15-7-3-4-11(15)10-5-6-12(13)14-8-10/h5-6,8-9,11H,3-4,7H2,1-2H3. The molecular weight excluding hydrogens is 252 g/mol. The fourth-order valence-corrected chi connectivity index (χ4v) is 2.58. The van der Waals surface area contributed by atoms with E-state index in [1.807, 2.05) is 12.3 Å². The Morgan fingerprint density at radius 2 is 2.27 bits per heavy atom. The van der Waals surface area contributed by atoms with Crippen LogP contribution in [0.3, 0.4) is 0 Å². The summed E-state index contributed by atoms with van der Waals surface area (Å²) >= 11 is 3.37. The van der Waals surface area contributed by atoms with Crippen molar-refractivity contribution in [2.75, 3.05) is 6.54 Å². The summed E-state index contributed by atoms with van der Waals surface area (Å²) in [7, 11) is 0. The molecule has 1 aliphatic rings. The molecule has 0 saturated carbocycles. The molecule has 3 heteroatoms. The van der Waals surface area contributed by atoms with E-state index >= 15 is 0 Å². The van der Waals surface area contributed by atoms with Crippen LogP contribution in [0.2, 0.25) is 0 Å². The van der Waals surface area contributed by atoms with E-state index in [9.17, 15) is 0 Å². The van der Waals surface area contributed by atoms with Crippen LogP contribution in [-0.4, -0.2) is 22.5 Å². The Morgan fingerprint density at radius 3 is 2.87 bits per heavy atom. The maximum absolute atomic E-state index is 4.31. The first kappa shape index (κ1) is 11.1. The molecule has 0 spiro atoms. The molecule has 0 bridgehead atoms. The number of hydrogen-bond acceptors (Lipinski definition) is 2. The highest BCUT2D eigenvalue weighted by Gasteiger charge is 2.27. The van der Waals surface area contributed by atoms with E-state index < -0.39 is 0 Å². The van der Waals surface area contributed by atoms with Crippen LogP contribution >= 0.6 is 15.9 Å². The second kappa shape index (κ2) is 4.62. The number of nitrogens with zero attached hydrogens (tertiary/aromatic N) is 2. The Kier molecular flexibility index (Phi) is 3.42. The van der Waals surface area contributed by atoms with Crippen LogP contribution in [0.1, 0.15) is 38.3 Å². The lowest BCUT2D eigenvalue weighted by molar-refractivity contribution is 0.205. The molecule has 0 aliphatic carbocycles. The summed E-state index contributed by atoms with van der Waals surface area (Å²) in [5, 5.41) is 0. The molecule has 1 fully saturated rings. The number of aromatic nitrogens is 1. The Morgan fingerprint density at radius 1 is 1.47 bits per heavy atom. The summed E-state index contributed by atoms with van der Waals surface area (Å²) in [5.74, 6) is 0. The second-order valence-corrected chi connectivity index (χ2v) is 5.22. The van der Waals surface area contributed by atoms with E-state index in [2.05, 4.69) is 45.7 Å². The van der Waals surface area contributed by atoms with Gasteiger partial charge < -0.3 is 0 Å². The first-order valence-electron chi connectivity index (χ1n) is 5.55. The lowest BCUT2D eigenvalue weighted by atomic mass is 10.1. The van der Waals surface area contributed by atoms with Crippen molar-refractivity contribution in [2.24, 2.45) is 0 Å². The second-order valence-electron chi connectivity index (χ2n) is 4.40. The van der Waals surface area contributed by atoms with Crippen LogP contribution in [0, 0.1) is 0 Å². The molecule has 15 heavy (non-hydrogen) atoms. The largest absolute Gasteiger partial charge is 0.294 e. The van der Waals surface area contributed by atoms with E-state index in [-0.39, 0.29) is 0 Å². The van der Waals surface area contributed by atoms with Gasteiger partial charge in [0.1, 0.15) is 4.60 Å². The monoisotopic (exact) mass is 268 g/mol. The van der Waals surface area contributed by atoms with Crippen LogP contribution in [0.4, 0.5) is 0 Å². The minimum absolute atomic E-state index is 0.575. The summed E-state index contributed by atoms with van der Waals surface area (Å²) in [4.78, 5) is 6.87. The smallest absolute Gasteiger partial charge is 0.106 e. The molecule has 0 aromatic carbocycles. The normalized spacial score (nSPS) is 22.5. The lowest BCUT2D eigenvalue weighted by Gasteiger charge is -2.28. The molecule has 1 aromatic heterocycles. The minimum Gasteiger partial charge on any atom is -0.294 e. The highest BCUT2D eigenvalue weighted by Crippen LogP contribution is 2.33. The SMILES string of the molecule is CC(C)N1CCCC1c1ccc(Br)nc1. The molecule has 0 radical (unpaired) electrons. The highest BCUT2D eigenvalue weighted by molar-refractivity contribution is 9.10. The van der Waals surface area contributed by atoms with E-state index in [0.29, 0.717) is 12.1 Å². The molecule has 2 heterocycles. The fourth-order valence-electron chi connectivity index (χ4n) is 2.35. The van der Waals surface area contributed by atoms with Crippen molar-refractivity contribution < 1.29 is 0 Å². The van der Waals surface area contributed by atoms with Gasteiger partial charge in [-0.2, -0.15) is 0 Å². The number of hydrogen-bond donors (Lipinski definition) is 0. The summed E-state index contributed by atoms with van der Waals surface area (Å²) < 4.78 is 0.917. The highest BCUT2D eigenvalue weighted by atomic mass is 79.9. The summed E-state index contributed by atoms with van der Waals surface area (Å²) in [6.07, 6.45) is 4.57. The van der Waals surface area contributed by atoms with Crippen LogP contribution in [-0.2, 0) is 0 Å². The Balaban J connectivity index is 2.19. The molecule has 1 saturated heterocycles. The first-order valence-corrected chi connectivity index (χ1v) is 6.35. The topological polar surface area (TPSA) is 16.1 Å². The van der Waals surface area contributed by atoms with Crippen LogP contribution < -0.4 is 0 Å². The van der Waals surface area contributed by atoms with Gasteiger partial charge in [0.25, 0.3) is 0 Å². The van der Waals surface area contributed by atoms with Gasteiger partial charge in [0.2, 0.25) is 0 Å². The van der Waals surface area contributed by atoms with Crippen LogP contribution in [0.5, 0.6) is 0 Å². The third-order valence-electron chi connectivity index (χ3n) is 3.09. The van der Waals surface area contributed by atoms with Crippen LogP contribution in [0.15, 0.2) is 22.9 Å². The number of pyridine rings is 1. The maximum Gasteiger partial charge on any atom is 0.106 e. The predicted octanol–water partition coefficient (Wildman–Crippen LogP) is 3.39. The third-order valence-corrected chi connectivity index (χ3v) is 3.56. The van der Waals surface area contributed by atoms with Gasteiger partial charge in [-0.15, -0.1) is 0 Å². The summed E-state index contributed by atoms with van der Waals surface area (Å²) in [6, 6.07) is 5.42. The van der Waals surface area contributed by atoms with Gasteiger partial charge in [0.15, 0.2) is 0 Å². The Labute approximate surface area is 99.8 Å². The molecule has 1 aliphatic heterocycles. The van der Waals surface area contributed by atoms with Crippen molar-refractivity contribution in [1.29, 1.82) is 0 Å². The molecule has 1 unspecified atom stereocenters. The van der Waals surface area contributed by atoms with Crippen molar-refractivity contribution in [3.8, 4) is 0 Å². The van der Waals surface area contributed by atoms with Gasteiger partial charge in [0.05, 0.1) is 0 Å². The van der Waals surface area contributed by atoms with E-state index in [4.69, 9.17) is 0 Å². The van der Waals surface area contributed by atoms with E-state index in [1.165, 1.54) is 24.9 Å². The van der Waals surface area contributed by atoms with Crippen molar-refractivity contribution in [2.45, 2.75) is 38.8 Å². The zero-order valence-electron chi connectivity index (χ0n) is 9.28. The number of likely N-dealkylation sites (tertiary alicyclic amines) is 1. The van der Waals surface area contributed by atoms with E-state index in [1.54, 1.807) is 0 Å². The van der Waals surface area contributed by atoms with Gasteiger partial charge in [-0.1, -0.05) is 6.07 Å². The fraction of sp³-hybridized carbons (Fsp3) is 0.583.